The first-order valence-corrected chi connectivity index (χ1v) is 11.0. The number of methoxy groups -OCH3 is 1. The summed E-state index contributed by atoms with van der Waals surface area (Å²) in [7, 11) is 5.60. The van der Waals surface area contributed by atoms with Crippen molar-refractivity contribution in [3.8, 4) is 5.75 Å². The van der Waals surface area contributed by atoms with E-state index in [4.69, 9.17) is 21.3 Å². The SMILES string of the molecule is COc1ccc(Cl)c2sc(N(CCCN(C)C)C(=O)c3cnc4ccccc4n3)nc12.Cl. The number of hydrogen-bond acceptors (Lipinski definition) is 7. The molecule has 0 unspecified atom stereocenters. The van der Waals surface area contributed by atoms with Crippen LogP contribution in [0.15, 0.2) is 42.6 Å². The van der Waals surface area contributed by atoms with Crippen molar-refractivity contribution in [1.82, 2.24) is 19.9 Å². The fourth-order valence-corrected chi connectivity index (χ4v) is 4.53. The lowest BCUT2D eigenvalue weighted by atomic mass is 10.2. The van der Waals surface area contributed by atoms with Crippen LogP contribution in [0.4, 0.5) is 5.13 Å². The summed E-state index contributed by atoms with van der Waals surface area (Å²) in [5, 5.41) is 1.13. The molecular weight excluding hydrogens is 469 g/mol. The van der Waals surface area contributed by atoms with Gasteiger partial charge in [0.05, 0.1) is 34.1 Å². The molecule has 32 heavy (non-hydrogen) atoms. The summed E-state index contributed by atoms with van der Waals surface area (Å²) in [5.74, 6) is 0.374. The molecule has 0 bridgehead atoms. The molecule has 4 aromatic rings. The van der Waals surface area contributed by atoms with Crippen LogP contribution in [0.2, 0.25) is 5.02 Å². The zero-order valence-corrected chi connectivity index (χ0v) is 20.3. The first-order valence-electron chi connectivity index (χ1n) is 9.79. The van der Waals surface area contributed by atoms with E-state index in [0.29, 0.717) is 33.5 Å². The van der Waals surface area contributed by atoms with E-state index in [1.54, 1.807) is 24.1 Å². The highest BCUT2D eigenvalue weighted by molar-refractivity contribution is 7.23. The number of benzene rings is 2. The highest BCUT2D eigenvalue weighted by Gasteiger charge is 2.24. The summed E-state index contributed by atoms with van der Waals surface area (Å²) < 4.78 is 6.22. The smallest absolute Gasteiger partial charge is 0.280 e. The molecule has 1 amide bonds. The Balaban J connectivity index is 0.00000289. The largest absolute Gasteiger partial charge is 0.494 e. The summed E-state index contributed by atoms with van der Waals surface area (Å²) in [5.41, 5.74) is 2.34. The van der Waals surface area contributed by atoms with Crippen molar-refractivity contribution in [3.63, 3.8) is 0 Å². The molecule has 0 fully saturated rings. The first-order chi connectivity index (χ1) is 15.0. The van der Waals surface area contributed by atoms with Crippen molar-refractivity contribution in [2.24, 2.45) is 0 Å². The highest BCUT2D eigenvalue weighted by atomic mass is 35.5. The average molecular weight is 492 g/mol. The van der Waals surface area contributed by atoms with Gasteiger partial charge in [0, 0.05) is 6.54 Å². The maximum Gasteiger partial charge on any atom is 0.280 e. The second kappa shape index (κ2) is 10.4. The Morgan fingerprint density at radius 2 is 1.84 bits per heavy atom. The third-order valence-corrected chi connectivity index (χ3v) is 6.34. The minimum atomic E-state index is -0.244. The summed E-state index contributed by atoms with van der Waals surface area (Å²) in [6, 6.07) is 11.0. The number of hydrogen-bond donors (Lipinski definition) is 0. The van der Waals surface area contributed by atoms with Crippen LogP contribution in [0.25, 0.3) is 21.3 Å². The van der Waals surface area contributed by atoms with Gasteiger partial charge in [-0.25, -0.2) is 9.97 Å². The van der Waals surface area contributed by atoms with Crippen molar-refractivity contribution < 1.29 is 9.53 Å². The number of rotatable bonds is 7. The van der Waals surface area contributed by atoms with Gasteiger partial charge in [-0.05, 0) is 51.3 Å². The molecule has 2 aromatic carbocycles. The Kier molecular flexibility index (Phi) is 7.84. The first kappa shape index (κ1) is 24.1. The number of fused-ring (bicyclic) bond motifs is 2. The van der Waals surface area contributed by atoms with E-state index in [1.165, 1.54) is 17.5 Å². The number of carbonyl (C=O) groups is 1. The van der Waals surface area contributed by atoms with E-state index in [-0.39, 0.29) is 24.0 Å². The Morgan fingerprint density at radius 1 is 1.09 bits per heavy atom. The molecule has 0 saturated carbocycles. The topological polar surface area (TPSA) is 71.5 Å². The van der Waals surface area contributed by atoms with Crippen LogP contribution in [0.3, 0.4) is 0 Å². The minimum absolute atomic E-state index is 0. The van der Waals surface area contributed by atoms with E-state index < -0.39 is 0 Å². The zero-order valence-electron chi connectivity index (χ0n) is 17.9. The van der Waals surface area contributed by atoms with Crippen LogP contribution in [-0.4, -0.2) is 60.1 Å². The second-order valence-electron chi connectivity index (χ2n) is 7.28. The molecule has 0 aliphatic carbocycles. The molecule has 0 atom stereocenters. The van der Waals surface area contributed by atoms with E-state index in [0.717, 1.165) is 23.2 Å². The fourth-order valence-electron chi connectivity index (χ4n) is 3.25. The molecule has 0 saturated heterocycles. The number of halogens is 2. The van der Waals surface area contributed by atoms with Crippen molar-refractivity contribution >= 4 is 67.6 Å². The maximum atomic E-state index is 13.5. The van der Waals surface area contributed by atoms with Gasteiger partial charge in [-0.15, -0.1) is 12.4 Å². The molecule has 7 nitrogen and oxygen atoms in total. The third-order valence-electron chi connectivity index (χ3n) is 4.80. The van der Waals surface area contributed by atoms with Gasteiger partial charge in [-0.1, -0.05) is 35.1 Å². The minimum Gasteiger partial charge on any atom is -0.494 e. The van der Waals surface area contributed by atoms with Crippen LogP contribution in [0.5, 0.6) is 5.75 Å². The lowest BCUT2D eigenvalue weighted by Gasteiger charge is -2.20. The molecule has 4 rings (SSSR count). The van der Waals surface area contributed by atoms with E-state index in [1.807, 2.05) is 38.4 Å². The zero-order chi connectivity index (χ0) is 22.0. The predicted molar refractivity (Wildman–Crippen MR) is 133 cm³/mol. The van der Waals surface area contributed by atoms with Gasteiger partial charge in [0.2, 0.25) is 0 Å². The van der Waals surface area contributed by atoms with Crippen LogP contribution in [0.1, 0.15) is 16.9 Å². The van der Waals surface area contributed by atoms with E-state index in [9.17, 15) is 4.79 Å². The number of anilines is 1. The van der Waals surface area contributed by atoms with Gasteiger partial charge in [-0.3, -0.25) is 14.7 Å². The number of aromatic nitrogens is 3. The third kappa shape index (κ3) is 4.94. The molecule has 2 heterocycles. The molecule has 0 aliphatic rings. The second-order valence-corrected chi connectivity index (χ2v) is 8.67. The Labute approximate surface area is 201 Å². The molecule has 0 spiro atoms. The van der Waals surface area contributed by atoms with Gasteiger partial charge in [0.25, 0.3) is 5.91 Å². The van der Waals surface area contributed by atoms with Crippen LogP contribution in [0, 0.1) is 0 Å². The standard InChI is InChI=1S/C22H22ClN5O2S.ClH/c1-27(2)11-6-12-28(21(29)17-13-24-15-7-4-5-8-16(15)25-17)22-26-19-18(30-3)10-9-14(23)20(19)31-22;/h4-5,7-10,13H,6,11-12H2,1-3H3;1H. The molecule has 10 heteroatoms. The number of thiazole rings is 1. The van der Waals surface area contributed by atoms with Gasteiger partial charge < -0.3 is 9.64 Å². The van der Waals surface area contributed by atoms with Gasteiger partial charge in [-0.2, -0.15) is 0 Å². The summed E-state index contributed by atoms with van der Waals surface area (Å²) in [6.07, 6.45) is 2.30. The van der Waals surface area contributed by atoms with Crippen LogP contribution < -0.4 is 9.64 Å². The molecule has 0 radical (unpaired) electrons. The Hall–Kier alpha value is -2.52. The number of amides is 1. The summed E-state index contributed by atoms with van der Waals surface area (Å²) in [6.45, 7) is 1.33. The number of para-hydroxylation sites is 2. The van der Waals surface area contributed by atoms with Crippen molar-refractivity contribution in [3.05, 3.63) is 53.3 Å². The summed E-state index contributed by atoms with van der Waals surface area (Å²) >= 11 is 7.76. The lowest BCUT2D eigenvalue weighted by molar-refractivity contribution is 0.0981. The Morgan fingerprint density at radius 3 is 2.56 bits per heavy atom. The number of carbonyl (C=O) groups excluding carboxylic acids is 1. The number of ether oxygens (including phenoxy) is 1. The highest BCUT2D eigenvalue weighted by Crippen LogP contribution is 2.39. The summed E-state index contributed by atoms with van der Waals surface area (Å²) in [4.78, 5) is 30.9. The van der Waals surface area contributed by atoms with Crippen molar-refractivity contribution in [2.45, 2.75) is 6.42 Å². The maximum absolute atomic E-state index is 13.5. The molecule has 2 aromatic heterocycles. The molecule has 0 aliphatic heterocycles. The quantitative estimate of drug-likeness (QED) is 0.365. The monoisotopic (exact) mass is 491 g/mol. The number of nitrogens with zero attached hydrogens (tertiary/aromatic N) is 5. The normalized spacial score (nSPS) is 11.0. The fraction of sp³-hybridized carbons (Fsp3) is 0.273. The van der Waals surface area contributed by atoms with Gasteiger partial charge >= 0.3 is 0 Å². The molecule has 0 N–H and O–H groups in total. The van der Waals surface area contributed by atoms with E-state index >= 15 is 0 Å². The van der Waals surface area contributed by atoms with Gasteiger partial charge in [0.15, 0.2) is 5.13 Å². The van der Waals surface area contributed by atoms with Crippen molar-refractivity contribution in [1.29, 1.82) is 0 Å². The van der Waals surface area contributed by atoms with Crippen molar-refractivity contribution in [2.75, 3.05) is 39.2 Å². The van der Waals surface area contributed by atoms with Crippen LogP contribution in [-0.2, 0) is 0 Å². The molecular formula is C22H23Cl2N5O2S. The van der Waals surface area contributed by atoms with Gasteiger partial charge in [0.1, 0.15) is 17.0 Å². The lowest BCUT2D eigenvalue weighted by Crippen LogP contribution is -2.34. The molecule has 168 valence electrons. The van der Waals surface area contributed by atoms with Crippen LogP contribution >= 0.6 is 35.3 Å². The van der Waals surface area contributed by atoms with E-state index in [2.05, 4.69) is 14.9 Å². The Bertz CT molecular complexity index is 1250. The predicted octanol–water partition coefficient (Wildman–Crippen LogP) is 4.92. The average Bonchev–Trinajstić information content (AvgIpc) is 3.22.